The van der Waals surface area contributed by atoms with Crippen LogP contribution in [0.1, 0.15) is 52.9 Å². The molecule has 2 heteroatoms. The van der Waals surface area contributed by atoms with Crippen LogP contribution in [0.5, 0.6) is 0 Å². The molecule has 15 heavy (non-hydrogen) atoms. The van der Waals surface area contributed by atoms with Crippen molar-refractivity contribution in [2.24, 2.45) is 5.92 Å². The average molecular weight is 208 g/mol. The SMILES string of the molecule is CC(=O)OC(C)(C)C#CC1CCCCC1. The van der Waals surface area contributed by atoms with Crippen molar-refractivity contribution in [2.45, 2.75) is 58.5 Å². The zero-order chi connectivity index (χ0) is 11.3. The second kappa shape index (κ2) is 5.21. The molecule has 1 rings (SSSR count). The molecule has 2 nitrogen and oxygen atoms in total. The van der Waals surface area contributed by atoms with Crippen molar-refractivity contribution in [1.29, 1.82) is 0 Å². The average Bonchev–Trinajstić information content (AvgIpc) is 2.15. The van der Waals surface area contributed by atoms with E-state index in [0.717, 1.165) is 0 Å². The van der Waals surface area contributed by atoms with Crippen molar-refractivity contribution in [3.8, 4) is 11.8 Å². The van der Waals surface area contributed by atoms with Gasteiger partial charge >= 0.3 is 5.97 Å². The number of ether oxygens (including phenoxy) is 1. The molecule has 0 heterocycles. The van der Waals surface area contributed by atoms with Crippen LogP contribution in [-0.2, 0) is 9.53 Å². The molecule has 0 bridgehead atoms. The molecule has 0 saturated heterocycles. The zero-order valence-electron chi connectivity index (χ0n) is 9.93. The predicted molar refractivity (Wildman–Crippen MR) is 60.2 cm³/mol. The summed E-state index contributed by atoms with van der Waals surface area (Å²) in [7, 11) is 0. The minimum Gasteiger partial charge on any atom is -0.447 e. The molecular formula is C13H20O2. The number of carbonyl (C=O) groups is 1. The van der Waals surface area contributed by atoms with E-state index < -0.39 is 5.60 Å². The largest absolute Gasteiger partial charge is 0.447 e. The first-order chi connectivity index (χ1) is 6.99. The smallest absolute Gasteiger partial charge is 0.304 e. The molecule has 0 spiro atoms. The number of esters is 1. The standard InChI is InChI=1S/C13H20O2/c1-11(14)15-13(2,3)10-9-12-7-5-4-6-8-12/h12H,4-8H2,1-3H3. The van der Waals surface area contributed by atoms with Crippen LogP contribution in [0.3, 0.4) is 0 Å². The van der Waals surface area contributed by atoms with Crippen molar-refractivity contribution in [3.05, 3.63) is 0 Å². The van der Waals surface area contributed by atoms with Crippen LogP contribution in [0.15, 0.2) is 0 Å². The number of rotatable bonds is 1. The Morgan fingerprint density at radius 3 is 2.40 bits per heavy atom. The molecule has 0 amide bonds. The Labute approximate surface area is 92.4 Å². The normalized spacial score (nSPS) is 17.8. The van der Waals surface area contributed by atoms with Crippen molar-refractivity contribution >= 4 is 5.97 Å². The summed E-state index contributed by atoms with van der Waals surface area (Å²) in [4.78, 5) is 10.8. The van der Waals surface area contributed by atoms with Gasteiger partial charge in [-0.2, -0.15) is 0 Å². The maximum Gasteiger partial charge on any atom is 0.304 e. The van der Waals surface area contributed by atoms with Gasteiger partial charge in [0.1, 0.15) is 0 Å². The highest BCUT2D eigenvalue weighted by molar-refractivity contribution is 5.66. The lowest BCUT2D eigenvalue weighted by molar-refractivity contribution is -0.148. The summed E-state index contributed by atoms with van der Waals surface area (Å²) in [6, 6.07) is 0. The first kappa shape index (κ1) is 12.1. The molecule has 0 atom stereocenters. The molecule has 1 aliphatic carbocycles. The lowest BCUT2D eigenvalue weighted by Crippen LogP contribution is -2.25. The molecular weight excluding hydrogens is 188 g/mol. The van der Waals surface area contributed by atoms with Gasteiger partial charge in [-0.05, 0) is 26.7 Å². The van der Waals surface area contributed by atoms with E-state index in [1.165, 1.54) is 39.0 Å². The summed E-state index contributed by atoms with van der Waals surface area (Å²) in [5.41, 5.74) is -0.636. The Bertz CT molecular complexity index is 275. The van der Waals surface area contributed by atoms with Gasteiger partial charge in [0, 0.05) is 12.8 Å². The Kier molecular flexibility index (Phi) is 4.20. The summed E-state index contributed by atoms with van der Waals surface area (Å²) >= 11 is 0. The minimum absolute atomic E-state index is 0.266. The van der Waals surface area contributed by atoms with E-state index in [0.29, 0.717) is 5.92 Å². The van der Waals surface area contributed by atoms with Gasteiger partial charge in [0.25, 0.3) is 0 Å². The lowest BCUT2D eigenvalue weighted by Gasteiger charge is -2.19. The molecule has 1 saturated carbocycles. The van der Waals surface area contributed by atoms with E-state index in [1.807, 2.05) is 13.8 Å². The summed E-state index contributed by atoms with van der Waals surface area (Å²) < 4.78 is 5.12. The fourth-order valence-electron chi connectivity index (χ4n) is 1.91. The molecule has 0 aromatic carbocycles. The highest BCUT2D eigenvalue weighted by Gasteiger charge is 2.18. The van der Waals surface area contributed by atoms with E-state index in [2.05, 4.69) is 11.8 Å². The molecule has 0 aromatic heterocycles. The Balaban J connectivity index is 2.50. The van der Waals surface area contributed by atoms with Crippen LogP contribution in [0.4, 0.5) is 0 Å². The van der Waals surface area contributed by atoms with Crippen molar-refractivity contribution in [1.82, 2.24) is 0 Å². The second-order valence-electron chi connectivity index (χ2n) is 4.71. The first-order valence-corrected chi connectivity index (χ1v) is 5.72. The van der Waals surface area contributed by atoms with Gasteiger partial charge in [0.15, 0.2) is 5.60 Å². The molecule has 0 aliphatic heterocycles. The maximum absolute atomic E-state index is 10.8. The van der Waals surface area contributed by atoms with Crippen molar-refractivity contribution in [2.75, 3.05) is 0 Å². The van der Waals surface area contributed by atoms with Crippen LogP contribution in [0.2, 0.25) is 0 Å². The quantitative estimate of drug-likeness (QED) is 0.489. The zero-order valence-corrected chi connectivity index (χ0v) is 9.93. The highest BCUT2D eigenvalue weighted by atomic mass is 16.6. The first-order valence-electron chi connectivity index (χ1n) is 5.72. The van der Waals surface area contributed by atoms with Crippen LogP contribution < -0.4 is 0 Å². The van der Waals surface area contributed by atoms with Gasteiger partial charge in [-0.25, -0.2) is 0 Å². The molecule has 0 unspecified atom stereocenters. The van der Waals surface area contributed by atoms with Gasteiger partial charge < -0.3 is 4.74 Å². The number of hydrogen-bond acceptors (Lipinski definition) is 2. The van der Waals surface area contributed by atoms with E-state index in [1.54, 1.807) is 0 Å². The summed E-state index contributed by atoms with van der Waals surface area (Å²) in [5.74, 6) is 6.55. The third kappa shape index (κ3) is 4.88. The molecule has 1 aliphatic rings. The van der Waals surface area contributed by atoms with Gasteiger partial charge in [-0.15, -0.1) is 0 Å². The summed E-state index contributed by atoms with van der Waals surface area (Å²) in [6.07, 6.45) is 6.30. The molecule has 84 valence electrons. The van der Waals surface area contributed by atoms with E-state index in [-0.39, 0.29) is 5.97 Å². The third-order valence-corrected chi connectivity index (χ3v) is 2.58. The van der Waals surface area contributed by atoms with Gasteiger partial charge in [-0.3, -0.25) is 4.79 Å². The van der Waals surface area contributed by atoms with Gasteiger partial charge in [0.05, 0.1) is 0 Å². The van der Waals surface area contributed by atoms with Gasteiger partial charge in [-0.1, -0.05) is 31.1 Å². The minimum atomic E-state index is -0.636. The summed E-state index contributed by atoms with van der Waals surface area (Å²) in [6.45, 7) is 5.10. The van der Waals surface area contributed by atoms with Gasteiger partial charge in [0.2, 0.25) is 0 Å². The van der Waals surface area contributed by atoms with Crippen LogP contribution in [-0.4, -0.2) is 11.6 Å². The lowest BCUT2D eigenvalue weighted by atomic mass is 9.89. The van der Waals surface area contributed by atoms with Crippen LogP contribution in [0, 0.1) is 17.8 Å². The number of hydrogen-bond donors (Lipinski definition) is 0. The predicted octanol–water partition coefficient (Wildman–Crippen LogP) is 2.91. The van der Waals surface area contributed by atoms with E-state index in [4.69, 9.17) is 4.74 Å². The second-order valence-corrected chi connectivity index (χ2v) is 4.71. The Hall–Kier alpha value is -0.970. The molecule has 0 radical (unpaired) electrons. The van der Waals surface area contributed by atoms with Crippen LogP contribution in [0.25, 0.3) is 0 Å². The molecule has 1 fully saturated rings. The Morgan fingerprint density at radius 2 is 1.87 bits per heavy atom. The molecule has 0 N–H and O–H groups in total. The van der Waals surface area contributed by atoms with Crippen molar-refractivity contribution < 1.29 is 9.53 Å². The topological polar surface area (TPSA) is 26.3 Å². The third-order valence-electron chi connectivity index (χ3n) is 2.58. The number of carbonyl (C=O) groups excluding carboxylic acids is 1. The van der Waals surface area contributed by atoms with Crippen LogP contribution >= 0.6 is 0 Å². The molecule has 0 aromatic rings. The summed E-state index contributed by atoms with van der Waals surface area (Å²) in [5, 5.41) is 0. The van der Waals surface area contributed by atoms with Crippen molar-refractivity contribution in [3.63, 3.8) is 0 Å². The highest BCUT2D eigenvalue weighted by Crippen LogP contribution is 2.23. The maximum atomic E-state index is 10.8. The monoisotopic (exact) mass is 208 g/mol. The fraction of sp³-hybridized carbons (Fsp3) is 0.769. The van der Waals surface area contributed by atoms with E-state index >= 15 is 0 Å². The fourth-order valence-corrected chi connectivity index (χ4v) is 1.91. The van der Waals surface area contributed by atoms with E-state index in [9.17, 15) is 4.79 Å². The Morgan fingerprint density at radius 1 is 1.27 bits per heavy atom.